The first-order chi connectivity index (χ1) is 16.9. The van der Waals surface area contributed by atoms with E-state index in [0.717, 1.165) is 16.7 Å². The standard InChI is InChI=1S/C25H28N6O4/c1-18-13-21(7-8-22(18)23-16-27-17-35-23)30-24(32)29-20-6-3-5-19(14-20)15-28-25(33)34-12-11-31(2)10-4-9-26/h3,5-8,13-14,16-17H,4,10-12,15H2,1-2H3,(H,28,33)(H2,29,30,32). The number of carbonyl (C=O) groups excluding carboxylic acids is 2. The summed E-state index contributed by atoms with van der Waals surface area (Å²) in [5, 5.41) is 16.9. The number of hydrogen-bond donors (Lipinski definition) is 3. The normalized spacial score (nSPS) is 10.5. The average Bonchev–Trinajstić information content (AvgIpc) is 3.36. The van der Waals surface area contributed by atoms with E-state index in [0.29, 0.717) is 36.6 Å². The van der Waals surface area contributed by atoms with Gasteiger partial charge in [0.1, 0.15) is 6.61 Å². The summed E-state index contributed by atoms with van der Waals surface area (Å²) in [5.74, 6) is 0.663. The van der Waals surface area contributed by atoms with Crippen LogP contribution in [-0.2, 0) is 11.3 Å². The van der Waals surface area contributed by atoms with Gasteiger partial charge in [0.2, 0.25) is 0 Å². The molecular weight excluding hydrogens is 448 g/mol. The van der Waals surface area contributed by atoms with Crippen molar-refractivity contribution in [3.05, 3.63) is 66.2 Å². The third-order valence-electron chi connectivity index (χ3n) is 5.12. The minimum absolute atomic E-state index is 0.231. The first-order valence-corrected chi connectivity index (χ1v) is 11.1. The van der Waals surface area contributed by atoms with E-state index in [9.17, 15) is 9.59 Å². The van der Waals surface area contributed by atoms with Crippen LogP contribution in [0.25, 0.3) is 11.3 Å². The number of alkyl carbamates (subject to hydrolysis) is 1. The van der Waals surface area contributed by atoms with Crippen molar-refractivity contribution in [2.45, 2.75) is 19.9 Å². The molecule has 0 unspecified atom stereocenters. The van der Waals surface area contributed by atoms with Gasteiger partial charge in [-0.25, -0.2) is 14.6 Å². The quantitative estimate of drug-likeness (QED) is 0.396. The Kier molecular flexibility index (Phi) is 9.22. The highest BCUT2D eigenvalue weighted by molar-refractivity contribution is 6.00. The number of nitrogens with one attached hydrogen (secondary N) is 3. The van der Waals surface area contributed by atoms with Crippen LogP contribution < -0.4 is 16.0 Å². The Morgan fingerprint density at radius 3 is 2.66 bits per heavy atom. The summed E-state index contributed by atoms with van der Waals surface area (Å²) in [6.07, 6.45) is 2.92. The van der Waals surface area contributed by atoms with Crippen molar-refractivity contribution in [2.24, 2.45) is 0 Å². The number of ether oxygens (including phenoxy) is 1. The fourth-order valence-electron chi connectivity index (χ4n) is 3.29. The molecule has 3 aromatic rings. The van der Waals surface area contributed by atoms with Crippen LogP contribution in [0, 0.1) is 18.3 Å². The number of urea groups is 1. The van der Waals surface area contributed by atoms with E-state index < -0.39 is 6.09 Å². The SMILES string of the molecule is Cc1cc(NC(=O)Nc2cccc(CNC(=O)OCCN(C)CCC#N)c2)ccc1-c1cnco1. The zero-order valence-electron chi connectivity index (χ0n) is 19.7. The van der Waals surface area contributed by atoms with Crippen molar-refractivity contribution in [1.82, 2.24) is 15.2 Å². The second-order valence-corrected chi connectivity index (χ2v) is 7.88. The fraction of sp³-hybridized carbons (Fsp3) is 0.280. The van der Waals surface area contributed by atoms with Gasteiger partial charge in [-0.3, -0.25) is 0 Å². The second kappa shape index (κ2) is 12.8. The molecule has 0 saturated carbocycles. The Morgan fingerprint density at radius 1 is 1.14 bits per heavy atom. The maximum atomic E-state index is 12.5. The number of benzene rings is 2. The van der Waals surface area contributed by atoms with Crippen LogP contribution in [0.3, 0.4) is 0 Å². The molecule has 1 heterocycles. The van der Waals surface area contributed by atoms with Crippen LogP contribution in [0.1, 0.15) is 17.5 Å². The molecule has 1 aromatic heterocycles. The summed E-state index contributed by atoms with van der Waals surface area (Å²) < 4.78 is 10.5. The molecule has 0 atom stereocenters. The molecule has 0 aliphatic rings. The number of anilines is 2. The number of oxazole rings is 1. The lowest BCUT2D eigenvalue weighted by Gasteiger charge is -2.15. The summed E-state index contributed by atoms with van der Waals surface area (Å²) in [4.78, 5) is 30.2. The van der Waals surface area contributed by atoms with Gasteiger partial charge in [0.25, 0.3) is 0 Å². The predicted octanol–water partition coefficient (Wildman–Crippen LogP) is 4.37. The average molecular weight is 477 g/mol. The third-order valence-corrected chi connectivity index (χ3v) is 5.12. The van der Waals surface area contributed by atoms with Crippen molar-refractivity contribution in [1.29, 1.82) is 5.26 Å². The highest BCUT2D eigenvalue weighted by Gasteiger charge is 2.09. The van der Waals surface area contributed by atoms with E-state index in [1.807, 2.05) is 37.1 Å². The van der Waals surface area contributed by atoms with Crippen LogP contribution in [0.5, 0.6) is 0 Å². The number of hydrogen-bond acceptors (Lipinski definition) is 7. The molecule has 10 nitrogen and oxygen atoms in total. The van der Waals surface area contributed by atoms with E-state index in [1.165, 1.54) is 6.39 Å². The molecule has 0 bridgehead atoms. The van der Waals surface area contributed by atoms with E-state index in [4.69, 9.17) is 14.4 Å². The van der Waals surface area contributed by atoms with Crippen LogP contribution in [0.4, 0.5) is 21.0 Å². The molecule has 0 fully saturated rings. The van der Waals surface area contributed by atoms with Gasteiger partial charge < -0.3 is 30.0 Å². The van der Waals surface area contributed by atoms with E-state index in [-0.39, 0.29) is 19.2 Å². The molecule has 0 aliphatic heterocycles. The number of likely N-dealkylation sites (N-methyl/N-ethyl adjacent to an activating group) is 1. The van der Waals surface area contributed by atoms with E-state index in [1.54, 1.807) is 30.5 Å². The molecule has 3 rings (SSSR count). The lowest BCUT2D eigenvalue weighted by molar-refractivity contribution is 0.132. The highest BCUT2D eigenvalue weighted by Crippen LogP contribution is 2.25. The molecular formula is C25H28N6O4. The lowest BCUT2D eigenvalue weighted by Crippen LogP contribution is -2.29. The highest BCUT2D eigenvalue weighted by atomic mass is 16.5. The molecule has 0 aliphatic carbocycles. The number of nitriles is 1. The van der Waals surface area contributed by atoms with Gasteiger partial charge in [-0.05, 0) is 55.4 Å². The van der Waals surface area contributed by atoms with Gasteiger partial charge in [-0.1, -0.05) is 12.1 Å². The molecule has 2 aromatic carbocycles. The monoisotopic (exact) mass is 476 g/mol. The molecule has 10 heteroatoms. The Bertz CT molecular complexity index is 1170. The fourth-order valence-corrected chi connectivity index (χ4v) is 3.29. The van der Waals surface area contributed by atoms with Crippen molar-refractivity contribution in [3.8, 4) is 17.4 Å². The Morgan fingerprint density at radius 2 is 1.94 bits per heavy atom. The first-order valence-electron chi connectivity index (χ1n) is 11.1. The molecule has 35 heavy (non-hydrogen) atoms. The lowest BCUT2D eigenvalue weighted by atomic mass is 10.1. The van der Waals surface area contributed by atoms with Gasteiger partial charge >= 0.3 is 12.1 Å². The third kappa shape index (κ3) is 8.17. The smallest absolute Gasteiger partial charge is 0.407 e. The number of nitrogens with zero attached hydrogens (tertiary/aromatic N) is 3. The first kappa shape index (κ1) is 25.3. The molecule has 182 valence electrons. The number of aromatic nitrogens is 1. The van der Waals surface area contributed by atoms with Gasteiger partial charge in [0, 0.05) is 43.0 Å². The molecule has 0 spiro atoms. The number of carbonyl (C=O) groups is 2. The van der Waals surface area contributed by atoms with Crippen molar-refractivity contribution in [2.75, 3.05) is 37.4 Å². The molecule has 0 saturated heterocycles. The minimum atomic E-state index is -0.529. The number of rotatable bonds is 10. The van der Waals surface area contributed by atoms with Gasteiger partial charge in [0.05, 0.1) is 12.3 Å². The second-order valence-electron chi connectivity index (χ2n) is 7.88. The molecule has 3 amide bonds. The van der Waals surface area contributed by atoms with Crippen LogP contribution in [0.2, 0.25) is 0 Å². The summed E-state index contributed by atoms with van der Waals surface area (Å²) in [5.41, 5.74) is 3.87. The maximum absolute atomic E-state index is 12.5. The minimum Gasteiger partial charge on any atom is -0.448 e. The van der Waals surface area contributed by atoms with Crippen LogP contribution >= 0.6 is 0 Å². The van der Waals surface area contributed by atoms with E-state index in [2.05, 4.69) is 27.0 Å². The van der Waals surface area contributed by atoms with Crippen molar-refractivity contribution >= 4 is 23.5 Å². The summed E-state index contributed by atoms with van der Waals surface area (Å²) in [6, 6.07) is 14.4. The van der Waals surface area contributed by atoms with Crippen molar-refractivity contribution < 1.29 is 18.7 Å². The van der Waals surface area contributed by atoms with Crippen molar-refractivity contribution in [3.63, 3.8) is 0 Å². The Labute approximate surface area is 203 Å². The maximum Gasteiger partial charge on any atom is 0.407 e. The zero-order valence-corrected chi connectivity index (χ0v) is 19.7. The predicted molar refractivity (Wildman–Crippen MR) is 132 cm³/mol. The molecule has 3 N–H and O–H groups in total. The van der Waals surface area contributed by atoms with Crippen LogP contribution in [0.15, 0.2) is 59.5 Å². The Hall–Kier alpha value is -4.36. The largest absolute Gasteiger partial charge is 0.448 e. The Balaban J connectivity index is 1.45. The summed E-state index contributed by atoms with van der Waals surface area (Å²) in [7, 11) is 1.86. The summed E-state index contributed by atoms with van der Waals surface area (Å²) in [6.45, 7) is 3.58. The van der Waals surface area contributed by atoms with Gasteiger partial charge in [-0.2, -0.15) is 5.26 Å². The molecule has 0 radical (unpaired) electrons. The summed E-state index contributed by atoms with van der Waals surface area (Å²) >= 11 is 0. The van der Waals surface area contributed by atoms with Crippen LogP contribution in [-0.4, -0.2) is 48.8 Å². The zero-order chi connectivity index (χ0) is 25.0. The van der Waals surface area contributed by atoms with Gasteiger partial charge in [-0.15, -0.1) is 0 Å². The number of amides is 3. The van der Waals surface area contributed by atoms with E-state index >= 15 is 0 Å². The van der Waals surface area contributed by atoms with Gasteiger partial charge in [0.15, 0.2) is 12.2 Å². The topological polar surface area (TPSA) is 133 Å². The number of aryl methyl sites for hydroxylation is 1.